The van der Waals surface area contributed by atoms with Gasteiger partial charge in [-0.3, -0.25) is 0 Å². The molecule has 1 unspecified atom stereocenters. The molecule has 102 valence electrons. The first-order chi connectivity index (χ1) is 8.50. The number of nitrogens with one attached hydrogen (secondary N) is 2. The smallest absolute Gasteiger partial charge is 0.314 e. The predicted molar refractivity (Wildman–Crippen MR) is 77.0 cm³/mol. The molecule has 5 heteroatoms. The van der Waals surface area contributed by atoms with Crippen LogP contribution in [0.5, 0.6) is 0 Å². The topological polar surface area (TPSA) is 44.4 Å². The minimum absolute atomic E-state index is 0.0906. The zero-order valence-electron chi connectivity index (χ0n) is 11.6. The van der Waals surface area contributed by atoms with Crippen molar-refractivity contribution in [3.05, 3.63) is 22.4 Å². The van der Waals surface area contributed by atoms with Crippen LogP contribution in [0.3, 0.4) is 0 Å². The molecule has 2 N–H and O–H groups in total. The van der Waals surface area contributed by atoms with Crippen molar-refractivity contribution >= 4 is 17.4 Å². The van der Waals surface area contributed by atoms with Gasteiger partial charge in [0.15, 0.2) is 0 Å². The number of carbonyl (C=O) groups excluding carboxylic acids is 1. The van der Waals surface area contributed by atoms with Crippen LogP contribution in [0.15, 0.2) is 17.5 Å². The predicted octanol–water partition coefficient (Wildman–Crippen LogP) is 2.31. The normalized spacial score (nSPS) is 12.8. The summed E-state index contributed by atoms with van der Waals surface area (Å²) < 4.78 is 0. The van der Waals surface area contributed by atoms with Gasteiger partial charge in [-0.25, -0.2) is 4.79 Å². The minimum atomic E-state index is -0.0906. The van der Waals surface area contributed by atoms with Crippen LogP contribution in [0.2, 0.25) is 0 Å². The first-order valence-electron chi connectivity index (χ1n) is 6.22. The molecule has 18 heavy (non-hydrogen) atoms. The molecule has 0 bridgehead atoms. The third-order valence-electron chi connectivity index (χ3n) is 2.62. The van der Waals surface area contributed by atoms with Gasteiger partial charge in [0, 0.05) is 18.0 Å². The fraction of sp³-hybridized carbons (Fsp3) is 0.615. The lowest BCUT2D eigenvalue weighted by Gasteiger charge is -2.23. The Labute approximate surface area is 113 Å². The Balaban J connectivity index is 2.41. The zero-order valence-corrected chi connectivity index (χ0v) is 12.4. The number of hydrogen-bond acceptors (Lipinski definition) is 3. The van der Waals surface area contributed by atoms with Gasteiger partial charge >= 0.3 is 6.03 Å². The van der Waals surface area contributed by atoms with E-state index in [1.165, 1.54) is 4.88 Å². The van der Waals surface area contributed by atoms with Gasteiger partial charge in [0.05, 0.1) is 6.04 Å². The number of likely N-dealkylation sites (N-methyl/N-ethyl adjacent to an activating group) is 1. The van der Waals surface area contributed by atoms with E-state index in [9.17, 15) is 4.79 Å². The van der Waals surface area contributed by atoms with Crippen LogP contribution in [-0.2, 0) is 0 Å². The Morgan fingerprint density at radius 3 is 2.50 bits per heavy atom. The van der Waals surface area contributed by atoms with E-state index in [2.05, 4.69) is 40.8 Å². The lowest BCUT2D eigenvalue weighted by molar-refractivity contribution is 0.232. The number of nitrogens with zero attached hydrogens (tertiary/aromatic N) is 1. The van der Waals surface area contributed by atoms with Gasteiger partial charge in [-0.05, 0) is 31.5 Å². The maximum Gasteiger partial charge on any atom is 0.314 e. The maximum absolute atomic E-state index is 11.6. The third kappa shape index (κ3) is 5.06. The van der Waals surface area contributed by atoms with E-state index in [1.54, 1.807) is 11.3 Å². The summed E-state index contributed by atoms with van der Waals surface area (Å²) in [6.45, 7) is 5.48. The second-order valence-corrected chi connectivity index (χ2v) is 5.96. The van der Waals surface area contributed by atoms with E-state index in [1.807, 2.05) is 20.2 Å². The lowest BCUT2D eigenvalue weighted by Crippen LogP contribution is -2.41. The minimum Gasteiger partial charge on any atom is -0.338 e. The molecular weight excluding hydrogens is 246 g/mol. The Hall–Kier alpha value is -1.07. The standard InChI is InChI=1S/C13H23N3OS/c1-10(2)8-14-13(17)15-9-11(16(3)4)12-6-5-7-18-12/h5-7,10-11H,8-9H2,1-4H3,(H2,14,15,17). The summed E-state index contributed by atoms with van der Waals surface area (Å²) in [5.74, 6) is 0.470. The Kier molecular flexibility index (Phi) is 6.15. The molecule has 0 aliphatic rings. The number of hydrogen-bond donors (Lipinski definition) is 2. The first-order valence-corrected chi connectivity index (χ1v) is 7.10. The number of carbonyl (C=O) groups is 1. The molecule has 4 nitrogen and oxygen atoms in total. The highest BCUT2D eigenvalue weighted by atomic mass is 32.1. The Morgan fingerprint density at radius 1 is 1.33 bits per heavy atom. The Morgan fingerprint density at radius 2 is 2.00 bits per heavy atom. The molecule has 0 radical (unpaired) electrons. The van der Waals surface area contributed by atoms with E-state index in [0.717, 1.165) is 0 Å². The molecule has 1 aromatic heterocycles. The van der Waals surface area contributed by atoms with Gasteiger partial charge < -0.3 is 15.5 Å². The molecule has 1 atom stereocenters. The second-order valence-electron chi connectivity index (χ2n) is 4.98. The summed E-state index contributed by atoms with van der Waals surface area (Å²) in [4.78, 5) is 15.0. The van der Waals surface area contributed by atoms with Crippen LogP contribution in [0.4, 0.5) is 4.79 Å². The van der Waals surface area contributed by atoms with Gasteiger partial charge in [-0.15, -0.1) is 11.3 Å². The van der Waals surface area contributed by atoms with Crippen LogP contribution in [0.25, 0.3) is 0 Å². The molecule has 0 aliphatic carbocycles. The van der Waals surface area contributed by atoms with Gasteiger partial charge in [0.2, 0.25) is 0 Å². The molecule has 1 rings (SSSR count). The number of urea groups is 1. The average Bonchev–Trinajstić information content (AvgIpc) is 2.79. The van der Waals surface area contributed by atoms with Gasteiger partial charge in [0.1, 0.15) is 0 Å². The SMILES string of the molecule is CC(C)CNC(=O)NCC(c1cccs1)N(C)C. The first kappa shape index (κ1) is 15.0. The zero-order chi connectivity index (χ0) is 13.5. The van der Waals surface area contributed by atoms with Crippen LogP contribution >= 0.6 is 11.3 Å². The number of thiophene rings is 1. The van der Waals surface area contributed by atoms with Crippen LogP contribution < -0.4 is 10.6 Å². The summed E-state index contributed by atoms with van der Waals surface area (Å²) in [5, 5.41) is 7.84. The molecular formula is C13H23N3OS. The van der Waals surface area contributed by atoms with Crippen molar-refractivity contribution in [2.24, 2.45) is 5.92 Å². The molecule has 0 saturated carbocycles. The van der Waals surface area contributed by atoms with E-state index in [4.69, 9.17) is 0 Å². The van der Waals surface area contributed by atoms with Gasteiger partial charge in [0.25, 0.3) is 0 Å². The number of rotatable bonds is 6. The number of amides is 2. The Bertz CT molecular complexity index is 349. The average molecular weight is 269 g/mol. The van der Waals surface area contributed by atoms with Crippen molar-refractivity contribution in [3.63, 3.8) is 0 Å². The fourth-order valence-electron chi connectivity index (χ4n) is 1.57. The molecule has 0 aliphatic heterocycles. The molecule has 0 aromatic carbocycles. The van der Waals surface area contributed by atoms with Crippen LogP contribution in [0, 0.1) is 5.92 Å². The van der Waals surface area contributed by atoms with Crippen molar-refractivity contribution < 1.29 is 4.79 Å². The molecule has 0 fully saturated rings. The van der Waals surface area contributed by atoms with E-state index >= 15 is 0 Å². The van der Waals surface area contributed by atoms with E-state index in [-0.39, 0.29) is 12.1 Å². The van der Waals surface area contributed by atoms with Crippen molar-refractivity contribution in [1.29, 1.82) is 0 Å². The summed E-state index contributed by atoms with van der Waals surface area (Å²) >= 11 is 1.72. The fourth-order valence-corrected chi connectivity index (χ4v) is 2.49. The van der Waals surface area contributed by atoms with Crippen molar-refractivity contribution in [1.82, 2.24) is 15.5 Å². The monoisotopic (exact) mass is 269 g/mol. The highest BCUT2D eigenvalue weighted by Gasteiger charge is 2.15. The van der Waals surface area contributed by atoms with Crippen molar-refractivity contribution in [2.45, 2.75) is 19.9 Å². The summed E-state index contributed by atoms with van der Waals surface area (Å²) in [5.41, 5.74) is 0. The van der Waals surface area contributed by atoms with Gasteiger partial charge in [-0.2, -0.15) is 0 Å². The third-order valence-corrected chi connectivity index (χ3v) is 3.60. The quantitative estimate of drug-likeness (QED) is 0.832. The highest BCUT2D eigenvalue weighted by Crippen LogP contribution is 2.22. The van der Waals surface area contributed by atoms with Crippen molar-refractivity contribution in [3.8, 4) is 0 Å². The lowest BCUT2D eigenvalue weighted by atomic mass is 10.2. The molecule has 0 spiro atoms. The van der Waals surface area contributed by atoms with Crippen molar-refractivity contribution in [2.75, 3.05) is 27.2 Å². The van der Waals surface area contributed by atoms with Crippen LogP contribution in [0.1, 0.15) is 24.8 Å². The second kappa shape index (κ2) is 7.38. The summed E-state index contributed by atoms with van der Waals surface area (Å²) in [7, 11) is 4.05. The summed E-state index contributed by atoms with van der Waals surface area (Å²) in [6.07, 6.45) is 0. The molecule has 1 aromatic rings. The highest BCUT2D eigenvalue weighted by molar-refractivity contribution is 7.10. The van der Waals surface area contributed by atoms with Gasteiger partial charge in [-0.1, -0.05) is 19.9 Å². The molecule has 2 amide bonds. The molecule has 0 saturated heterocycles. The largest absolute Gasteiger partial charge is 0.338 e. The maximum atomic E-state index is 11.6. The molecule has 1 heterocycles. The summed E-state index contributed by atoms with van der Waals surface area (Å²) in [6, 6.07) is 4.28. The van der Waals surface area contributed by atoms with E-state index in [0.29, 0.717) is 19.0 Å². The van der Waals surface area contributed by atoms with Crippen LogP contribution in [-0.4, -0.2) is 38.1 Å². The van der Waals surface area contributed by atoms with E-state index < -0.39 is 0 Å².